The number of nitrogens with one attached hydrogen (secondary N) is 1. The van der Waals surface area contributed by atoms with Gasteiger partial charge in [-0.05, 0) is 26.3 Å². The summed E-state index contributed by atoms with van der Waals surface area (Å²) in [4.78, 5) is 24.8. The number of carbonyl (C=O) groups excluding carboxylic acids is 1. The number of amides is 1. The van der Waals surface area contributed by atoms with E-state index in [1.165, 1.54) is 12.1 Å². The average Bonchev–Trinajstić information content (AvgIpc) is 2.48. The number of anilines is 1. The minimum atomic E-state index is -0.477. The molecule has 0 bridgehead atoms. The Labute approximate surface area is 125 Å². The van der Waals surface area contributed by atoms with Crippen LogP contribution in [0.3, 0.4) is 0 Å². The van der Waals surface area contributed by atoms with Gasteiger partial charge >= 0.3 is 0 Å². The van der Waals surface area contributed by atoms with E-state index in [9.17, 15) is 14.9 Å². The molecule has 0 radical (unpaired) electrons. The van der Waals surface area contributed by atoms with Crippen LogP contribution in [0.4, 0.5) is 11.4 Å². The first kappa shape index (κ1) is 16.9. The van der Waals surface area contributed by atoms with E-state index in [-0.39, 0.29) is 11.6 Å². The first-order chi connectivity index (χ1) is 10.0. The molecule has 0 aliphatic carbocycles. The smallest absolute Gasteiger partial charge is 0.270 e. The van der Waals surface area contributed by atoms with Gasteiger partial charge in [-0.2, -0.15) is 0 Å². The Kier molecular flexibility index (Phi) is 6.65. The molecule has 116 valence electrons. The lowest BCUT2D eigenvalue weighted by molar-refractivity contribution is -0.384. The average molecular weight is 293 g/mol. The molecule has 0 fully saturated rings. The van der Waals surface area contributed by atoms with Crippen LogP contribution >= 0.6 is 0 Å². The summed E-state index contributed by atoms with van der Waals surface area (Å²) < 4.78 is 0. The predicted octanol–water partition coefficient (Wildman–Crippen LogP) is 3.29. The first-order valence-corrected chi connectivity index (χ1v) is 7.36. The van der Waals surface area contributed by atoms with Gasteiger partial charge in [0, 0.05) is 37.5 Å². The zero-order valence-corrected chi connectivity index (χ0v) is 12.9. The third kappa shape index (κ3) is 4.44. The van der Waals surface area contributed by atoms with E-state index in [0.29, 0.717) is 30.9 Å². The number of nitro benzene ring substituents is 1. The molecule has 0 spiro atoms. The van der Waals surface area contributed by atoms with Crippen molar-refractivity contribution in [1.29, 1.82) is 0 Å². The van der Waals surface area contributed by atoms with Gasteiger partial charge in [-0.3, -0.25) is 14.9 Å². The molecule has 6 heteroatoms. The van der Waals surface area contributed by atoms with Crippen molar-refractivity contribution in [3.63, 3.8) is 0 Å². The number of non-ortho nitro benzene ring substituents is 1. The summed E-state index contributed by atoms with van der Waals surface area (Å²) in [5.74, 6) is -0.161. The highest BCUT2D eigenvalue weighted by atomic mass is 16.6. The summed E-state index contributed by atoms with van der Waals surface area (Å²) in [6.07, 6.45) is 1.92. The van der Waals surface area contributed by atoms with E-state index in [1.54, 1.807) is 11.0 Å². The van der Waals surface area contributed by atoms with Crippen LogP contribution in [-0.2, 0) is 0 Å². The molecular weight excluding hydrogens is 270 g/mol. The maximum Gasteiger partial charge on any atom is 0.270 e. The standard InChI is InChI=1S/C15H23N3O3/c1-4-7-10-17(6-3)15(19)13-11-12(18(20)21)8-9-14(13)16-5-2/h8-9,11,16H,4-7,10H2,1-3H3. The third-order valence-electron chi connectivity index (χ3n) is 3.26. The second-order valence-electron chi connectivity index (χ2n) is 4.76. The Morgan fingerprint density at radius 2 is 2.05 bits per heavy atom. The summed E-state index contributed by atoms with van der Waals surface area (Å²) in [5, 5.41) is 14.0. The second-order valence-corrected chi connectivity index (χ2v) is 4.76. The molecule has 0 aliphatic heterocycles. The van der Waals surface area contributed by atoms with E-state index in [1.807, 2.05) is 13.8 Å². The molecule has 0 atom stereocenters. The minimum absolute atomic E-state index is 0.0634. The number of nitrogens with zero attached hydrogens (tertiary/aromatic N) is 2. The monoisotopic (exact) mass is 293 g/mol. The quantitative estimate of drug-likeness (QED) is 0.589. The first-order valence-electron chi connectivity index (χ1n) is 7.36. The molecule has 0 aromatic heterocycles. The predicted molar refractivity (Wildman–Crippen MR) is 83.7 cm³/mol. The fourth-order valence-electron chi connectivity index (χ4n) is 2.09. The van der Waals surface area contributed by atoms with Gasteiger partial charge in [-0.1, -0.05) is 13.3 Å². The van der Waals surface area contributed by atoms with Crippen molar-refractivity contribution in [1.82, 2.24) is 4.90 Å². The molecule has 0 aliphatic rings. The molecular formula is C15H23N3O3. The Bertz CT molecular complexity index is 503. The zero-order chi connectivity index (χ0) is 15.8. The maximum absolute atomic E-state index is 12.6. The molecule has 0 heterocycles. The Morgan fingerprint density at radius 1 is 1.33 bits per heavy atom. The van der Waals surface area contributed by atoms with E-state index in [2.05, 4.69) is 12.2 Å². The molecule has 21 heavy (non-hydrogen) atoms. The van der Waals surface area contributed by atoms with Crippen LogP contribution in [0.2, 0.25) is 0 Å². The lowest BCUT2D eigenvalue weighted by Crippen LogP contribution is -2.32. The van der Waals surface area contributed by atoms with Crippen LogP contribution < -0.4 is 5.32 Å². The number of unbranched alkanes of at least 4 members (excludes halogenated alkanes) is 1. The summed E-state index contributed by atoms with van der Waals surface area (Å²) >= 11 is 0. The number of rotatable bonds is 8. The SMILES string of the molecule is CCCCN(CC)C(=O)c1cc([N+](=O)[O-])ccc1NCC. The van der Waals surface area contributed by atoms with Crippen LogP contribution in [0, 0.1) is 10.1 Å². The van der Waals surface area contributed by atoms with Crippen molar-refractivity contribution in [2.75, 3.05) is 25.0 Å². The van der Waals surface area contributed by atoms with Crippen molar-refractivity contribution in [3.05, 3.63) is 33.9 Å². The number of carbonyl (C=O) groups is 1. The van der Waals surface area contributed by atoms with E-state index >= 15 is 0 Å². The van der Waals surface area contributed by atoms with Gasteiger partial charge in [0.2, 0.25) is 0 Å². The van der Waals surface area contributed by atoms with Crippen LogP contribution in [0.25, 0.3) is 0 Å². The van der Waals surface area contributed by atoms with Gasteiger partial charge in [-0.25, -0.2) is 0 Å². The third-order valence-corrected chi connectivity index (χ3v) is 3.26. The van der Waals surface area contributed by atoms with E-state index in [4.69, 9.17) is 0 Å². The Hall–Kier alpha value is -2.11. The normalized spacial score (nSPS) is 10.2. The number of benzene rings is 1. The molecule has 0 unspecified atom stereocenters. The van der Waals surface area contributed by atoms with Crippen molar-refractivity contribution >= 4 is 17.3 Å². The Balaban J connectivity index is 3.13. The Morgan fingerprint density at radius 3 is 2.57 bits per heavy atom. The lowest BCUT2D eigenvalue weighted by Gasteiger charge is -2.22. The molecule has 1 N–H and O–H groups in total. The van der Waals surface area contributed by atoms with Gasteiger partial charge in [0.1, 0.15) is 0 Å². The van der Waals surface area contributed by atoms with Gasteiger partial charge in [0.15, 0.2) is 0 Å². The molecule has 0 saturated carbocycles. The van der Waals surface area contributed by atoms with Crippen molar-refractivity contribution < 1.29 is 9.72 Å². The van der Waals surface area contributed by atoms with E-state index < -0.39 is 4.92 Å². The van der Waals surface area contributed by atoms with Gasteiger partial charge in [-0.15, -0.1) is 0 Å². The van der Waals surface area contributed by atoms with Crippen molar-refractivity contribution in [3.8, 4) is 0 Å². The summed E-state index contributed by atoms with van der Waals surface area (Å²) in [7, 11) is 0. The van der Waals surface area contributed by atoms with Crippen LogP contribution in [0.5, 0.6) is 0 Å². The summed E-state index contributed by atoms with van der Waals surface area (Å²) in [5.41, 5.74) is 0.943. The summed E-state index contributed by atoms with van der Waals surface area (Å²) in [6, 6.07) is 4.37. The molecule has 1 aromatic rings. The van der Waals surface area contributed by atoms with Crippen LogP contribution in [0.15, 0.2) is 18.2 Å². The number of hydrogen-bond donors (Lipinski definition) is 1. The molecule has 6 nitrogen and oxygen atoms in total. The topological polar surface area (TPSA) is 75.5 Å². The molecule has 1 amide bonds. The zero-order valence-electron chi connectivity index (χ0n) is 12.9. The molecule has 1 aromatic carbocycles. The van der Waals surface area contributed by atoms with E-state index in [0.717, 1.165) is 12.8 Å². The molecule has 1 rings (SSSR count). The maximum atomic E-state index is 12.6. The highest BCUT2D eigenvalue weighted by molar-refractivity contribution is 6.00. The van der Waals surface area contributed by atoms with Crippen LogP contribution in [0.1, 0.15) is 44.0 Å². The number of nitro groups is 1. The largest absolute Gasteiger partial charge is 0.385 e. The van der Waals surface area contributed by atoms with Gasteiger partial charge in [0.05, 0.1) is 10.5 Å². The highest BCUT2D eigenvalue weighted by Crippen LogP contribution is 2.23. The fourth-order valence-corrected chi connectivity index (χ4v) is 2.09. The minimum Gasteiger partial charge on any atom is -0.385 e. The number of hydrogen-bond acceptors (Lipinski definition) is 4. The molecule has 0 saturated heterocycles. The lowest BCUT2D eigenvalue weighted by atomic mass is 10.1. The second kappa shape index (κ2) is 8.24. The highest BCUT2D eigenvalue weighted by Gasteiger charge is 2.20. The van der Waals surface area contributed by atoms with Gasteiger partial charge < -0.3 is 10.2 Å². The fraction of sp³-hybridized carbons (Fsp3) is 0.533. The summed E-state index contributed by atoms with van der Waals surface area (Å²) in [6.45, 7) is 7.81. The van der Waals surface area contributed by atoms with Crippen LogP contribution in [-0.4, -0.2) is 35.4 Å². The van der Waals surface area contributed by atoms with Crippen molar-refractivity contribution in [2.45, 2.75) is 33.6 Å². The van der Waals surface area contributed by atoms with Crippen molar-refractivity contribution in [2.24, 2.45) is 0 Å². The van der Waals surface area contributed by atoms with Gasteiger partial charge in [0.25, 0.3) is 11.6 Å².